The summed E-state index contributed by atoms with van der Waals surface area (Å²) in [6, 6.07) is 24.9. The first-order valence-corrected chi connectivity index (χ1v) is 12.8. The lowest BCUT2D eigenvalue weighted by atomic mass is 9.80. The highest BCUT2D eigenvalue weighted by Gasteiger charge is 2.38. The van der Waals surface area contributed by atoms with Crippen LogP contribution in [0.15, 0.2) is 78.9 Å². The van der Waals surface area contributed by atoms with Gasteiger partial charge >= 0.3 is 0 Å². The molecule has 7 heteroatoms. The highest BCUT2D eigenvalue weighted by atomic mass is 16.5. The highest BCUT2D eigenvalue weighted by molar-refractivity contribution is 5.82. The Balaban J connectivity index is 1.94. The average Bonchev–Trinajstić information content (AvgIpc) is 2.92. The van der Waals surface area contributed by atoms with Crippen LogP contribution in [0.25, 0.3) is 0 Å². The number of hydrogen-bond acceptors (Lipinski definition) is 6. The van der Waals surface area contributed by atoms with Crippen LogP contribution < -0.4 is 20.1 Å². The quantitative estimate of drug-likeness (QED) is 0.244. The molecule has 0 unspecified atom stereocenters. The molecule has 1 amide bonds. The van der Waals surface area contributed by atoms with E-state index < -0.39 is 17.7 Å². The van der Waals surface area contributed by atoms with Crippen molar-refractivity contribution in [1.29, 1.82) is 0 Å². The monoisotopic (exact) mass is 520 g/mol. The van der Waals surface area contributed by atoms with Crippen molar-refractivity contribution >= 4 is 5.91 Å². The van der Waals surface area contributed by atoms with E-state index in [4.69, 9.17) is 14.2 Å². The number of carbonyl (C=O) groups is 1. The van der Waals surface area contributed by atoms with Crippen LogP contribution in [0.2, 0.25) is 0 Å². The largest absolute Gasteiger partial charge is 0.497 e. The van der Waals surface area contributed by atoms with Gasteiger partial charge in [0.25, 0.3) is 0 Å². The normalized spacial score (nSPS) is 13.4. The van der Waals surface area contributed by atoms with Gasteiger partial charge in [0.2, 0.25) is 5.91 Å². The second-order valence-electron chi connectivity index (χ2n) is 10.3. The Labute approximate surface area is 226 Å². The number of aliphatic hydroxyl groups excluding tert-OH is 1. The van der Waals surface area contributed by atoms with E-state index >= 15 is 0 Å². The van der Waals surface area contributed by atoms with Crippen LogP contribution >= 0.6 is 0 Å². The standard InChI is InChI=1S/C31H40N2O5/c1-22(34)28(33-30(2,3)4)29(35)32-20-21-38-31(23-10-8-7-9-11-23,24-12-16-26(36-5)17-13-24)25-14-18-27(37-6)19-15-25/h7-19,22,28,33-34H,20-21H2,1-6H3,(H,32,35)/t22-,28+/m1/s1. The van der Waals surface area contributed by atoms with Crippen molar-refractivity contribution in [3.8, 4) is 11.5 Å². The molecule has 3 N–H and O–H groups in total. The third kappa shape index (κ3) is 7.13. The van der Waals surface area contributed by atoms with E-state index in [1.807, 2.05) is 99.6 Å². The molecule has 0 saturated carbocycles. The molecule has 0 aliphatic heterocycles. The maximum Gasteiger partial charge on any atom is 0.239 e. The topological polar surface area (TPSA) is 89.1 Å². The van der Waals surface area contributed by atoms with Crippen LogP contribution in [-0.2, 0) is 15.1 Å². The third-order valence-corrected chi connectivity index (χ3v) is 6.25. The number of hydrogen-bond donors (Lipinski definition) is 3. The first-order valence-electron chi connectivity index (χ1n) is 12.8. The highest BCUT2D eigenvalue weighted by Crippen LogP contribution is 2.41. The summed E-state index contributed by atoms with van der Waals surface area (Å²) in [5.74, 6) is 1.21. The molecule has 7 nitrogen and oxygen atoms in total. The van der Waals surface area contributed by atoms with Crippen molar-refractivity contribution in [2.24, 2.45) is 0 Å². The molecule has 204 valence electrons. The second kappa shape index (κ2) is 12.9. The summed E-state index contributed by atoms with van der Waals surface area (Å²) >= 11 is 0. The van der Waals surface area contributed by atoms with E-state index in [1.54, 1.807) is 21.1 Å². The molecule has 0 aromatic heterocycles. The van der Waals surface area contributed by atoms with E-state index in [2.05, 4.69) is 10.6 Å². The first kappa shape index (κ1) is 29.2. The summed E-state index contributed by atoms with van der Waals surface area (Å²) in [4.78, 5) is 12.9. The van der Waals surface area contributed by atoms with Gasteiger partial charge < -0.3 is 24.6 Å². The Bertz CT molecular complexity index is 1090. The van der Waals surface area contributed by atoms with Crippen LogP contribution in [0, 0.1) is 0 Å². The molecule has 38 heavy (non-hydrogen) atoms. The Kier molecular flexibility index (Phi) is 9.91. The molecule has 0 bridgehead atoms. The van der Waals surface area contributed by atoms with E-state index in [0.717, 1.165) is 28.2 Å². The van der Waals surface area contributed by atoms with Crippen LogP contribution in [0.1, 0.15) is 44.4 Å². The summed E-state index contributed by atoms with van der Waals surface area (Å²) in [6.07, 6.45) is -0.850. The zero-order chi connectivity index (χ0) is 27.8. The third-order valence-electron chi connectivity index (χ3n) is 6.25. The molecule has 0 saturated heterocycles. The number of carbonyl (C=O) groups excluding carboxylic acids is 1. The molecular weight excluding hydrogens is 480 g/mol. The predicted octanol–water partition coefficient (Wildman–Crippen LogP) is 4.27. The van der Waals surface area contributed by atoms with Crippen molar-refractivity contribution < 1.29 is 24.1 Å². The van der Waals surface area contributed by atoms with Crippen LogP contribution in [0.4, 0.5) is 0 Å². The average molecular weight is 521 g/mol. The smallest absolute Gasteiger partial charge is 0.239 e. The molecular formula is C31H40N2O5. The molecule has 0 radical (unpaired) electrons. The maximum atomic E-state index is 12.9. The summed E-state index contributed by atoms with van der Waals surface area (Å²) in [5, 5.41) is 16.3. The van der Waals surface area contributed by atoms with Gasteiger partial charge in [0.05, 0.1) is 26.9 Å². The van der Waals surface area contributed by atoms with Crippen LogP contribution in [0.5, 0.6) is 11.5 Å². The molecule has 2 atom stereocenters. The Morgan fingerprint density at radius 2 is 1.29 bits per heavy atom. The fraction of sp³-hybridized carbons (Fsp3) is 0.387. The van der Waals surface area contributed by atoms with E-state index in [0.29, 0.717) is 0 Å². The lowest BCUT2D eigenvalue weighted by Gasteiger charge is -2.36. The fourth-order valence-corrected chi connectivity index (χ4v) is 4.43. The second-order valence-corrected chi connectivity index (χ2v) is 10.3. The van der Waals surface area contributed by atoms with Gasteiger partial charge in [0.1, 0.15) is 23.1 Å². The minimum Gasteiger partial charge on any atom is -0.497 e. The van der Waals surface area contributed by atoms with Gasteiger partial charge in [-0.1, -0.05) is 54.6 Å². The number of amides is 1. The molecule has 3 aromatic carbocycles. The van der Waals surface area contributed by atoms with Gasteiger partial charge in [-0.3, -0.25) is 10.1 Å². The van der Waals surface area contributed by atoms with Crippen LogP contribution in [-0.4, -0.2) is 56.1 Å². The number of methoxy groups -OCH3 is 2. The minimum absolute atomic E-state index is 0.223. The summed E-state index contributed by atoms with van der Waals surface area (Å²) in [7, 11) is 3.27. The van der Waals surface area contributed by atoms with Gasteiger partial charge in [-0.2, -0.15) is 0 Å². The van der Waals surface area contributed by atoms with Gasteiger partial charge in [-0.25, -0.2) is 0 Å². The fourth-order valence-electron chi connectivity index (χ4n) is 4.43. The molecule has 0 spiro atoms. The predicted molar refractivity (Wildman–Crippen MR) is 150 cm³/mol. The van der Waals surface area contributed by atoms with Gasteiger partial charge in [0.15, 0.2) is 0 Å². The molecule has 3 aromatic rings. The first-order chi connectivity index (χ1) is 18.1. The molecule has 0 aliphatic carbocycles. The summed E-state index contributed by atoms with van der Waals surface area (Å²) < 4.78 is 17.5. The van der Waals surface area contributed by atoms with Crippen molar-refractivity contribution in [2.45, 2.75) is 51.0 Å². The molecule has 0 aliphatic rings. The zero-order valence-electron chi connectivity index (χ0n) is 23.2. The SMILES string of the molecule is COc1ccc(C(OCCNC(=O)[C@@H](NC(C)(C)C)[C@@H](C)O)(c2ccccc2)c2ccc(OC)cc2)cc1. The van der Waals surface area contributed by atoms with Crippen molar-refractivity contribution in [2.75, 3.05) is 27.4 Å². The van der Waals surface area contributed by atoms with E-state index in [-0.39, 0.29) is 24.6 Å². The maximum absolute atomic E-state index is 12.9. The number of nitrogens with one attached hydrogen (secondary N) is 2. The Hall–Kier alpha value is -3.39. The van der Waals surface area contributed by atoms with Crippen molar-refractivity contribution in [3.63, 3.8) is 0 Å². The van der Waals surface area contributed by atoms with E-state index in [9.17, 15) is 9.90 Å². The minimum atomic E-state index is -0.960. The number of benzene rings is 3. The van der Waals surface area contributed by atoms with E-state index in [1.165, 1.54) is 0 Å². The lowest BCUT2D eigenvalue weighted by molar-refractivity contribution is -0.126. The van der Waals surface area contributed by atoms with Crippen molar-refractivity contribution in [3.05, 3.63) is 95.6 Å². The zero-order valence-corrected chi connectivity index (χ0v) is 23.2. The van der Waals surface area contributed by atoms with Crippen LogP contribution in [0.3, 0.4) is 0 Å². The molecule has 3 rings (SSSR count). The summed E-state index contributed by atoms with van der Waals surface area (Å²) in [6.45, 7) is 7.95. The van der Waals surface area contributed by atoms with Gasteiger partial charge in [-0.15, -0.1) is 0 Å². The number of rotatable bonds is 12. The van der Waals surface area contributed by atoms with Gasteiger partial charge in [0, 0.05) is 12.1 Å². The van der Waals surface area contributed by atoms with Crippen molar-refractivity contribution in [1.82, 2.24) is 10.6 Å². The summed E-state index contributed by atoms with van der Waals surface area (Å²) in [5.41, 5.74) is 1.48. The Morgan fingerprint density at radius 3 is 1.71 bits per heavy atom. The molecule has 0 heterocycles. The molecule has 0 fully saturated rings. The Morgan fingerprint density at radius 1 is 0.816 bits per heavy atom. The van der Waals surface area contributed by atoms with Gasteiger partial charge in [-0.05, 0) is 68.7 Å². The number of aliphatic hydroxyl groups is 1. The lowest BCUT2D eigenvalue weighted by Crippen LogP contribution is -2.56. The number of ether oxygens (including phenoxy) is 3.